The Morgan fingerprint density at radius 2 is 1.91 bits per heavy atom. The third-order valence-corrected chi connectivity index (χ3v) is 3.04. The molecule has 0 bridgehead atoms. The summed E-state index contributed by atoms with van der Waals surface area (Å²) in [4.78, 5) is 0. The second-order valence-electron chi connectivity index (χ2n) is 3.07. The first-order valence-corrected chi connectivity index (χ1v) is 4.93. The van der Waals surface area contributed by atoms with Gasteiger partial charge in [0.1, 0.15) is 0 Å². The summed E-state index contributed by atoms with van der Waals surface area (Å²) in [5.74, 6) is 1.87. The number of halogens is 2. The first-order chi connectivity index (χ1) is 5.12. The second kappa shape index (κ2) is 3.72. The van der Waals surface area contributed by atoms with Gasteiger partial charge in [-0.2, -0.15) is 11.8 Å². The van der Waals surface area contributed by atoms with Crippen LogP contribution in [0.5, 0.6) is 0 Å². The minimum Gasteiger partial charge on any atom is -0.325 e. The van der Waals surface area contributed by atoms with Crippen molar-refractivity contribution in [2.75, 3.05) is 11.5 Å². The van der Waals surface area contributed by atoms with E-state index in [-0.39, 0.29) is 6.42 Å². The van der Waals surface area contributed by atoms with Gasteiger partial charge < -0.3 is 5.73 Å². The molecule has 1 aliphatic rings. The van der Waals surface area contributed by atoms with Gasteiger partial charge in [0, 0.05) is 12.0 Å². The molecule has 0 saturated carbocycles. The van der Waals surface area contributed by atoms with Gasteiger partial charge in [0.25, 0.3) is 0 Å². The van der Waals surface area contributed by atoms with Crippen LogP contribution in [0.3, 0.4) is 0 Å². The average Bonchev–Trinajstić information content (AvgIpc) is 1.85. The molecule has 1 rings (SSSR count). The van der Waals surface area contributed by atoms with Crippen molar-refractivity contribution in [1.29, 1.82) is 0 Å². The fourth-order valence-electron chi connectivity index (χ4n) is 1.29. The summed E-state index contributed by atoms with van der Waals surface area (Å²) in [7, 11) is 0. The number of nitrogens with two attached hydrogens (primary N) is 1. The number of alkyl halides is 2. The van der Waals surface area contributed by atoms with Crippen molar-refractivity contribution < 1.29 is 8.78 Å². The van der Waals surface area contributed by atoms with Crippen LogP contribution in [0.25, 0.3) is 0 Å². The van der Waals surface area contributed by atoms with Crippen LogP contribution in [0.2, 0.25) is 0 Å². The normalized spacial score (nSPS) is 24.0. The summed E-state index contributed by atoms with van der Waals surface area (Å²) in [6, 6.07) is 0. The Labute approximate surface area is 69.7 Å². The Morgan fingerprint density at radius 1 is 1.36 bits per heavy atom. The van der Waals surface area contributed by atoms with E-state index in [1.165, 1.54) is 0 Å². The molecule has 1 saturated heterocycles. The monoisotopic (exact) mass is 181 g/mol. The lowest BCUT2D eigenvalue weighted by atomic mass is 9.90. The molecule has 0 radical (unpaired) electrons. The minimum atomic E-state index is -2.25. The summed E-state index contributed by atoms with van der Waals surface area (Å²) < 4.78 is 24.0. The van der Waals surface area contributed by atoms with Crippen LogP contribution in [-0.2, 0) is 0 Å². The third kappa shape index (κ3) is 2.95. The highest BCUT2D eigenvalue weighted by molar-refractivity contribution is 7.99. The Kier molecular flexibility index (Phi) is 3.13. The molecule has 0 amide bonds. The van der Waals surface area contributed by atoms with Gasteiger partial charge in [0.05, 0.1) is 0 Å². The van der Waals surface area contributed by atoms with Crippen LogP contribution in [-0.4, -0.2) is 23.5 Å². The topological polar surface area (TPSA) is 26.0 Å². The van der Waals surface area contributed by atoms with Gasteiger partial charge in [0.15, 0.2) is 0 Å². The largest absolute Gasteiger partial charge is 0.325 e. The predicted octanol–water partition coefficient (Wildman–Crippen LogP) is 1.87. The molecular weight excluding hydrogens is 168 g/mol. The number of hydrogen-bond donors (Lipinski definition) is 1. The minimum absolute atomic E-state index is 0.131. The quantitative estimate of drug-likeness (QED) is 0.703. The summed E-state index contributed by atoms with van der Waals surface area (Å²) >= 11 is 1.80. The first-order valence-electron chi connectivity index (χ1n) is 3.77. The Bertz CT molecular complexity index is 124. The van der Waals surface area contributed by atoms with Crippen molar-refractivity contribution in [3.05, 3.63) is 0 Å². The molecule has 66 valence electrons. The fraction of sp³-hybridized carbons (Fsp3) is 1.00. The highest BCUT2D eigenvalue weighted by atomic mass is 32.2. The maximum atomic E-state index is 12.0. The van der Waals surface area contributed by atoms with Crippen LogP contribution in [0.15, 0.2) is 0 Å². The van der Waals surface area contributed by atoms with Crippen molar-refractivity contribution in [1.82, 2.24) is 0 Å². The maximum absolute atomic E-state index is 12.0. The van der Waals surface area contributed by atoms with Crippen molar-refractivity contribution >= 4 is 11.8 Å². The Hall–Kier alpha value is 0.170. The van der Waals surface area contributed by atoms with Gasteiger partial charge in [0.2, 0.25) is 6.43 Å². The highest BCUT2D eigenvalue weighted by Crippen LogP contribution is 2.29. The van der Waals surface area contributed by atoms with Crippen LogP contribution in [0, 0.1) is 0 Å². The molecule has 0 aliphatic carbocycles. The fourth-order valence-corrected chi connectivity index (χ4v) is 2.60. The van der Waals surface area contributed by atoms with Gasteiger partial charge in [-0.05, 0) is 24.3 Å². The van der Waals surface area contributed by atoms with Crippen LogP contribution < -0.4 is 5.73 Å². The maximum Gasteiger partial charge on any atom is 0.240 e. The predicted molar refractivity (Wildman–Crippen MR) is 44.1 cm³/mol. The van der Waals surface area contributed by atoms with Gasteiger partial charge in [-0.3, -0.25) is 0 Å². The van der Waals surface area contributed by atoms with Gasteiger partial charge in [-0.25, -0.2) is 8.78 Å². The lowest BCUT2D eigenvalue weighted by molar-refractivity contribution is 0.101. The van der Waals surface area contributed by atoms with E-state index in [4.69, 9.17) is 5.73 Å². The molecule has 0 aromatic rings. The Balaban J connectivity index is 2.37. The van der Waals surface area contributed by atoms with E-state index in [9.17, 15) is 8.78 Å². The molecule has 1 nitrogen and oxygen atoms in total. The van der Waals surface area contributed by atoms with Crippen molar-refractivity contribution in [3.8, 4) is 0 Å². The van der Waals surface area contributed by atoms with Crippen LogP contribution in [0.4, 0.5) is 8.78 Å². The van der Waals surface area contributed by atoms with Crippen molar-refractivity contribution in [3.63, 3.8) is 0 Å². The third-order valence-electron chi connectivity index (χ3n) is 2.05. The summed E-state index contributed by atoms with van der Waals surface area (Å²) in [6.45, 7) is 0. The SMILES string of the molecule is NC1(CC(F)F)CCSCC1. The van der Waals surface area contributed by atoms with Gasteiger partial charge in [-0.15, -0.1) is 0 Å². The smallest absolute Gasteiger partial charge is 0.240 e. The van der Waals surface area contributed by atoms with Gasteiger partial charge in [-0.1, -0.05) is 0 Å². The molecule has 1 heterocycles. The van der Waals surface area contributed by atoms with E-state index in [0.717, 1.165) is 24.3 Å². The molecule has 0 aromatic carbocycles. The molecule has 1 aliphatic heterocycles. The highest BCUT2D eigenvalue weighted by Gasteiger charge is 2.30. The van der Waals surface area contributed by atoms with Crippen LogP contribution >= 0.6 is 11.8 Å². The molecule has 0 spiro atoms. The second-order valence-corrected chi connectivity index (χ2v) is 4.29. The zero-order valence-electron chi connectivity index (χ0n) is 6.35. The zero-order valence-corrected chi connectivity index (χ0v) is 7.17. The molecule has 4 heteroatoms. The summed E-state index contributed by atoms with van der Waals surface area (Å²) in [5, 5.41) is 0. The van der Waals surface area contributed by atoms with E-state index in [1.54, 1.807) is 11.8 Å². The standard InChI is InChI=1S/C7H13F2NS/c8-6(9)5-7(10)1-3-11-4-2-7/h6H,1-5,10H2. The lowest BCUT2D eigenvalue weighted by Gasteiger charge is -2.32. The molecule has 1 fully saturated rings. The van der Waals surface area contributed by atoms with Crippen LogP contribution in [0.1, 0.15) is 19.3 Å². The van der Waals surface area contributed by atoms with Gasteiger partial charge >= 0.3 is 0 Å². The number of hydrogen-bond acceptors (Lipinski definition) is 2. The van der Waals surface area contributed by atoms with Crippen molar-refractivity contribution in [2.24, 2.45) is 5.73 Å². The van der Waals surface area contributed by atoms with E-state index < -0.39 is 12.0 Å². The molecular formula is C7H13F2NS. The lowest BCUT2D eigenvalue weighted by Crippen LogP contribution is -2.44. The number of rotatable bonds is 2. The van der Waals surface area contributed by atoms with E-state index in [0.29, 0.717) is 0 Å². The molecule has 0 atom stereocenters. The summed E-state index contributed by atoms with van der Waals surface area (Å²) in [6.07, 6.45) is -0.902. The van der Waals surface area contributed by atoms with E-state index in [2.05, 4.69) is 0 Å². The molecule has 0 unspecified atom stereocenters. The van der Waals surface area contributed by atoms with E-state index in [1.807, 2.05) is 0 Å². The average molecular weight is 181 g/mol. The first kappa shape index (κ1) is 9.26. The summed E-state index contributed by atoms with van der Waals surface area (Å²) in [5.41, 5.74) is 5.20. The number of thioether (sulfide) groups is 1. The molecule has 0 aromatic heterocycles. The van der Waals surface area contributed by atoms with E-state index >= 15 is 0 Å². The molecule has 2 N–H and O–H groups in total. The zero-order chi connectivity index (χ0) is 8.32. The van der Waals surface area contributed by atoms with Crippen molar-refractivity contribution in [2.45, 2.75) is 31.2 Å². The Morgan fingerprint density at radius 3 is 2.36 bits per heavy atom. The molecule has 11 heavy (non-hydrogen) atoms.